The predicted octanol–water partition coefficient (Wildman–Crippen LogP) is 7.81. The number of nitrogens with zero attached hydrogens (tertiary/aromatic N) is 1. The van der Waals surface area contributed by atoms with E-state index in [1.807, 2.05) is 66.7 Å². The lowest BCUT2D eigenvalue weighted by atomic mass is 9.88. The Kier molecular flexibility index (Phi) is 8.78. The Bertz CT molecular complexity index is 1510. The van der Waals surface area contributed by atoms with Crippen LogP contribution in [0.5, 0.6) is 0 Å². The predicted molar refractivity (Wildman–Crippen MR) is 161 cm³/mol. The standard InChI is InChI=1S/C35H34F2N2O3/c1-35(36,37)28-16-12-26(13-17-28)30-10-6-7-11-31(30)33(40)38-29-18-14-24(15-19-29)25-20-22-39(23-21-25)32(34(41)42-2)27-8-4-3-5-9-27/h3-19,25,32H,20-23H2,1-2H3,(H,38,40). The molecular weight excluding hydrogens is 534 g/mol. The number of likely N-dealkylation sites (tertiary alicyclic amines) is 1. The van der Waals surface area contributed by atoms with Crippen molar-refractivity contribution in [1.82, 2.24) is 4.90 Å². The summed E-state index contributed by atoms with van der Waals surface area (Å²) in [5.74, 6) is -3.10. The Morgan fingerprint density at radius 3 is 2.10 bits per heavy atom. The number of halogens is 2. The van der Waals surface area contributed by atoms with Crippen LogP contribution in [-0.2, 0) is 15.5 Å². The molecule has 1 unspecified atom stereocenters. The van der Waals surface area contributed by atoms with E-state index in [1.165, 1.54) is 24.8 Å². The van der Waals surface area contributed by atoms with Gasteiger partial charge in [-0.05, 0) is 72.3 Å². The van der Waals surface area contributed by atoms with Gasteiger partial charge in [0, 0.05) is 23.7 Å². The number of carbonyl (C=O) groups is 2. The summed E-state index contributed by atoms with van der Waals surface area (Å²) in [6.45, 7) is 2.40. The highest BCUT2D eigenvalue weighted by atomic mass is 19.3. The van der Waals surface area contributed by atoms with Gasteiger partial charge in [-0.25, -0.2) is 13.6 Å². The first kappa shape index (κ1) is 29.1. The quantitative estimate of drug-likeness (QED) is 0.220. The van der Waals surface area contributed by atoms with Gasteiger partial charge in [-0.3, -0.25) is 9.69 Å². The summed E-state index contributed by atoms with van der Waals surface area (Å²) in [6.07, 6.45) is 1.81. The van der Waals surface area contributed by atoms with Crippen molar-refractivity contribution in [3.63, 3.8) is 0 Å². The Balaban J connectivity index is 1.23. The van der Waals surface area contributed by atoms with Crippen LogP contribution in [0.2, 0.25) is 0 Å². The van der Waals surface area contributed by atoms with Crippen LogP contribution in [0.4, 0.5) is 14.5 Å². The van der Waals surface area contributed by atoms with E-state index in [0.717, 1.165) is 38.4 Å². The zero-order chi connectivity index (χ0) is 29.7. The molecule has 1 aliphatic rings. The second kappa shape index (κ2) is 12.7. The van der Waals surface area contributed by atoms with E-state index < -0.39 is 12.0 Å². The lowest BCUT2D eigenvalue weighted by molar-refractivity contribution is -0.147. The van der Waals surface area contributed by atoms with E-state index in [4.69, 9.17) is 4.74 Å². The first-order chi connectivity index (χ1) is 20.2. The molecule has 1 fully saturated rings. The highest BCUT2D eigenvalue weighted by Gasteiger charge is 2.32. The maximum absolute atomic E-state index is 13.7. The highest BCUT2D eigenvalue weighted by molar-refractivity contribution is 6.08. The summed E-state index contributed by atoms with van der Waals surface area (Å²) in [5.41, 5.74) is 4.55. The molecule has 1 aliphatic heterocycles. The summed E-state index contributed by atoms with van der Waals surface area (Å²) in [7, 11) is 1.43. The van der Waals surface area contributed by atoms with Crippen LogP contribution < -0.4 is 5.32 Å². The number of alkyl halides is 2. The number of hydrogen-bond acceptors (Lipinski definition) is 4. The van der Waals surface area contributed by atoms with E-state index in [0.29, 0.717) is 28.3 Å². The number of rotatable bonds is 8. The SMILES string of the molecule is COC(=O)C(c1ccccc1)N1CCC(c2ccc(NC(=O)c3ccccc3-c3ccc(C(C)(F)F)cc3)cc2)CC1. The summed E-state index contributed by atoms with van der Waals surface area (Å²) >= 11 is 0. The van der Waals surface area contributed by atoms with Gasteiger partial charge >= 0.3 is 5.97 Å². The Morgan fingerprint density at radius 2 is 1.48 bits per heavy atom. The molecule has 216 valence electrons. The van der Waals surface area contributed by atoms with E-state index in [-0.39, 0.29) is 17.4 Å². The largest absolute Gasteiger partial charge is 0.468 e. The summed E-state index contributed by atoms with van der Waals surface area (Å²) in [5, 5.41) is 2.97. The number of benzene rings is 4. The second-order valence-corrected chi connectivity index (χ2v) is 10.7. The molecular formula is C35H34F2N2O3. The molecule has 0 radical (unpaired) electrons. The third-order valence-electron chi connectivity index (χ3n) is 7.95. The fourth-order valence-electron chi connectivity index (χ4n) is 5.65. The number of nitrogens with one attached hydrogen (secondary N) is 1. The van der Waals surface area contributed by atoms with Gasteiger partial charge in [-0.2, -0.15) is 0 Å². The number of methoxy groups -OCH3 is 1. The van der Waals surface area contributed by atoms with Gasteiger partial charge in [-0.15, -0.1) is 0 Å². The van der Waals surface area contributed by atoms with Crippen molar-refractivity contribution in [2.45, 2.75) is 37.6 Å². The molecule has 0 bridgehead atoms. The van der Waals surface area contributed by atoms with Gasteiger partial charge in [0.15, 0.2) is 0 Å². The van der Waals surface area contributed by atoms with Crippen molar-refractivity contribution in [3.8, 4) is 11.1 Å². The normalized spacial score (nSPS) is 15.1. The molecule has 5 nitrogen and oxygen atoms in total. The van der Waals surface area contributed by atoms with Crippen LogP contribution in [-0.4, -0.2) is 37.0 Å². The number of carbonyl (C=O) groups excluding carboxylic acids is 2. The summed E-state index contributed by atoms with van der Waals surface area (Å²) < 4.78 is 32.4. The first-order valence-electron chi connectivity index (χ1n) is 14.1. The van der Waals surface area contributed by atoms with Crippen molar-refractivity contribution in [2.75, 3.05) is 25.5 Å². The average molecular weight is 569 g/mol. The molecule has 0 aliphatic carbocycles. The maximum Gasteiger partial charge on any atom is 0.327 e. The Morgan fingerprint density at radius 1 is 0.857 bits per heavy atom. The van der Waals surface area contributed by atoms with Crippen molar-refractivity contribution < 1.29 is 23.1 Å². The molecule has 4 aromatic rings. The zero-order valence-electron chi connectivity index (χ0n) is 23.7. The van der Waals surface area contributed by atoms with Gasteiger partial charge in [0.05, 0.1) is 7.11 Å². The lowest BCUT2D eigenvalue weighted by Crippen LogP contribution is -2.40. The second-order valence-electron chi connectivity index (χ2n) is 10.7. The molecule has 7 heteroatoms. The third kappa shape index (κ3) is 6.58. The Labute approximate surface area is 245 Å². The molecule has 0 spiro atoms. The van der Waals surface area contributed by atoms with Gasteiger partial charge in [0.2, 0.25) is 0 Å². The molecule has 5 rings (SSSR count). The smallest absolute Gasteiger partial charge is 0.327 e. The summed E-state index contributed by atoms with van der Waals surface area (Å²) in [6, 6.07) is 30.4. The lowest BCUT2D eigenvalue weighted by Gasteiger charge is -2.36. The van der Waals surface area contributed by atoms with Crippen molar-refractivity contribution in [2.24, 2.45) is 0 Å². The van der Waals surface area contributed by atoms with Gasteiger partial charge in [0.25, 0.3) is 11.8 Å². The van der Waals surface area contributed by atoms with E-state index in [1.54, 1.807) is 24.3 Å². The van der Waals surface area contributed by atoms with E-state index >= 15 is 0 Å². The van der Waals surface area contributed by atoms with E-state index in [2.05, 4.69) is 10.2 Å². The molecule has 1 heterocycles. The van der Waals surface area contributed by atoms with Crippen LogP contribution in [0.25, 0.3) is 11.1 Å². The molecule has 1 N–H and O–H groups in total. The molecule has 1 saturated heterocycles. The van der Waals surface area contributed by atoms with Gasteiger partial charge in [-0.1, -0.05) is 84.9 Å². The summed E-state index contributed by atoms with van der Waals surface area (Å²) in [4.78, 5) is 28.0. The number of ether oxygens (including phenoxy) is 1. The molecule has 0 saturated carbocycles. The molecule has 42 heavy (non-hydrogen) atoms. The van der Waals surface area contributed by atoms with Crippen LogP contribution in [0.3, 0.4) is 0 Å². The number of piperidine rings is 1. The number of esters is 1. The number of hydrogen-bond donors (Lipinski definition) is 1. The van der Waals surface area contributed by atoms with Crippen LogP contribution >= 0.6 is 0 Å². The topological polar surface area (TPSA) is 58.6 Å². The minimum atomic E-state index is -2.92. The fourth-order valence-corrected chi connectivity index (χ4v) is 5.65. The average Bonchev–Trinajstić information content (AvgIpc) is 3.02. The van der Waals surface area contributed by atoms with Crippen LogP contribution in [0.15, 0.2) is 103 Å². The molecule has 1 atom stereocenters. The minimum Gasteiger partial charge on any atom is -0.468 e. The minimum absolute atomic E-state index is 0.0709. The molecule has 4 aromatic carbocycles. The molecule has 1 amide bonds. The third-order valence-corrected chi connectivity index (χ3v) is 7.95. The first-order valence-corrected chi connectivity index (χ1v) is 14.1. The Hall–Kier alpha value is -4.36. The van der Waals surface area contributed by atoms with Crippen LogP contribution in [0.1, 0.15) is 58.8 Å². The highest BCUT2D eigenvalue weighted by Crippen LogP contribution is 2.34. The monoisotopic (exact) mass is 568 g/mol. The van der Waals surface area contributed by atoms with E-state index in [9.17, 15) is 18.4 Å². The van der Waals surface area contributed by atoms with Gasteiger partial charge < -0.3 is 10.1 Å². The van der Waals surface area contributed by atoms with Crippen molar-refractivity contribution >= 4 is 17.6 Å². The number of amides is 1. The molecule has 0 aromatic heterocycles. The maximum atomic E-state index is 13.7. The zero-order valence-corrected chi connectivity index (χ0v) is 23.7. The van der Waals surface area contributed by atoms with Crippen molar-refractivity contribution in [3.05, 3.63) is 125 Å². The van der Waals surface area contributed by atoms with Gasteiger partial charge in [0.1, 0.15) is 6.04 Å². The number of anilines is 1. The van der Waals surface area contributed by atoms with Crippen molar-refractivity contribution in [1.29, 1.82) is 0 Å². The van der Waals surface area contributed by atoms with Crippen LogP contribution in [0, 0.1) is 0 Å². The fraction of sp³-hybridized carbons (Fsp3) is 0.257.